The highest BCUT2D eigenvalue weighted by Crippen LogP contribution is 2.26. The zero-order valence-corrected chi connectivity index (χ0v) is 13.4. The maximum Gasteiger partial charge on any atom is 0.257 e. The van der Waals surface area contributed by atoms with Crippen molar-refractivity contribution >= 4 is 26.0 Å². The number of ether oxygens (including phenoxy) is 1. The molecule has 2 N–H and O–H groups in total. The van der Waals surface area contributed by atoms with Gasteiger partial charge in [-0.2, -0.15) is 0 Å². The highest BCUT2D eigenvalue weighted by atomic mass is 79.9. The number of methoxy groups -OCH3 is 1. The second kappa shape index (κ2) is 5.55. The number of aryl methyl sites for hydroxylation is 1. The molecule has 0 atom stereocenters. The standard InChI is InChI=1S/C12H14BrN3O3S/c1-8-15-12(20(14,17)18)7-16(8)6-9-3-4-11(19-2)10(13)5-9/h3-5,7H,6H2,1-2H3,(H2,14,17,18). The van der Waals surface area contributed by atoms with Crippen molar-refractivity contribution in [2.24, 2.45) is 5.14 Å². The Kier molecular flexibility index (Phi) is 4.17. The molecular weight excluding hydrogens is 346 g/mol. The molecule has 0 unspecified atom stereocenters. The Morgan fingerprint density at radius 3 is 2.65 bits per heavy atom. The average molecular weight is 360 g/mol. The van der Waals surface area contributed by atoms with Crippen LogP contribution >= 0.6 is 15.9 Å². The summed E-state index contributed by atoms with van der Waals surface area (Å²) in [4.78, 5) is 3.95. The monoisotopic (exact) mass is 359 g/mol. The predicted octanol–water partition coefficient (Wildman–Crippen LogP) is 1.66. The third-order valence-corrected chi connectivity index (χ3v) is 4.21. The summed E-state index contributed by atoms with van der Waals surface area (Å²) in [7, 11) is -2.18. The Labute approximate surface area is 125 Å². The zero-order chi connectivity index (χ0) is 14.9. The molecule has 0 saturated heterocycles. The molecule has 0 bridgehead atoms. The van der Waals surface area contributed by atoms with E-state index in [2.05, 4.69) is 20.9 Å². The van der Waals surface area contributed by atoms with Gasteiger partial charge < -0.3 is 9.30 Å². The zero-order valence-electron chi connectivity index (χ0n) is 11.0. The van der Waals surface area contributed by atoms with E-state index in [1.165, 1.54) is 6.20 Å². The lowest BCUT2D eigenvalue weighted by molar-refractivity contribution is 0.412. The van der Waals surface area contributed by atoms with Crippen molar-refractivity contribution in [1.82, 2.24) is 9.55 Å². The summed E-state index contributed by atoms with van der Waals surface area (Å²) in [5.41, 5.74) is 0.985. The summed E-state index contributed by atoms with van der Waals surface area (Å²) in [5.74, 6) is 1.32. The minimum absolute atomic E-state index is 0.123. The van der Waals surface area contributed by atoms with E-state index in [1.54, 1.807) is 18.6 Å². The number of primary sulfonamides is 1. The first-order valence-corrected chi connectivity index (χ1v) is 8.04. The van der Waals surface area contributed by atoms with Crippen molar-refractivity contribution in [3.05, 3.63) is 40.3 Å². The molecule has 1 aromatic carbocycles. The van der Waals surface area contributed by atoms with Gasteiger partial charge in [-0.15, -0.1) is 0 Å². The van der Waals surface area contributed by atoms with Crippen LogP contribution in [-0.2, 0) is 16.6 Å². The molecule has 0 aliphatic carbocycles. The van der Waals surface area contributed by atoms with Gasteiger partial charge in [-0.05, 0) is 40.5 Å². The molecule has 8 heteroatoms. The van der Waals surface area contributed by atoms with Gasteiger partial charge >= 0.3 is 0 Å². The summed E-state index contributed by atoms with van der Waals surface area (Å²) < 4.78 is 30.3. The van der Waals surface area contributed by atoms with Crippen molar-refractivity contribution in [2.75, 3.05) is 7.11 Å². The number of aromatic nitrogens is 2. The maximum absolute atomic E-state index is 11.3. The molecule has 0 radical (unpaired) electrons. The molecule has 108 valence electrons. The first kappa shape index (κ1) is 15.0. The van der Waals surface area contributed by atoms with E-state index >= 15 is 0 Å². The third-order valence-electron chi connectivity index (χ3n) is 2.81. The van der Waals surface area contributed by atoms with Crippen LogP contribution in [0.15, 0.2) is 33.9 Å². The molecule has 0 spiro atoms. The summed E-state index contributed by atoms with van der Waals surface area (Å²) in [6, 6.07) is 5.65. The summed E-state index contributed by atoms with van der Waals surface area (Å²) >= 11 is 3.41. The van der Waals surface area contributed by atoms with Crippen LogP contribution < -0.4 is 9.88 Å². The van der Waals surface area contributed by atoms with Gasteiger partial charge in [0.2, 0.25) is 0 Å². The van der Waals surface area contributed by atoms with Gasteiger partial charge in [0.1, 0.15) is 11.6 Å². The molecule has 2 aromatic rings. The Morgan fingerprint density at radius 2 is 2.15 bits per heavy atom. The summed E-state index contributed by atoms with van der Waals surface area (Å²) in [6.07, 6.45) is 1.43. The van der Waals surface area contributed by atoms with Crippen LogP contribution in [0.2, 0.25) is 0 Å². The molecule has 6 nitrogen and oxygen atoms in total. The second-order valence-corrected chi connectivity index (χ2v) is 6.63. The van der Waals surface area contributed by atoms with E-state index in [1.807, 2.05) is 18.2 Å². The van der Waals surface area contributed by atoms with Crippen molar-refractivity contribution in [2.45, 2.75) is 18.5 Å². The van der Waals surface area contributed by atoms with E-state index in [-0.39, 0.29) is 5.03 Å². The van der Waals surface area contributed by atoms with Gasteiger partial charge in [0.25, 0.3) is 10.0 Å². The van der Waals surface area contributed by atoms with Gasteiger partial charge in [0.15, 0.2) is 5.03 Å². The molecule has 20 heavy (non-hydrogen) atoms. The molecule has 0 aliphatic rings. The molecule has 1 aromatic heterocycles. The van der Waals surface area contributed by atoms with E-state index < -0.39 is 10.0 Å². The number of nitrogens with two attached hydrogens (primary N) is 1. The Balaban J connectivity index is 2.31. The highest BCUT2D eigenvalue weighted by Gasteiger charge is 2.14. The Hall–Kier alpha value is -1.38. The van der Waals surface area contributed by atoms with Crippen LogP contribution in [0.5, 0.6) is 5.75 Å². The number of hydrogen-bond acceptors (Lipinski definition) is 4. The molecule has 1 heterocycles. The Morgan fingerprint density at radius 1 is 1.45 bits per heavy atom. The minimum atomic E-state index is -3.78. The lowest BCUT2D eigenvalue weighted by Crippen LogP contribution is -2.12. The fraction of sp³-hybridized carbons (Fsp3) is 0.250. The van der Waals surface area contributed by atoms with E-state index in [4.69, 9.17) is 9.88 Å². The highest BCUT2D eigenvalue weighted by molar-refractivity contribution is 9.10. The molecule has 2 rings (SSSR count). The van der Waals surface area contributed by atoms with Crippen molar-refractivity contribution in [1.29, 1.82) is 0 Å². The number of imidazole rings is 1. The van der Waals surface area contributed by atoms with Crippen LogP contribution in [0.3, 0.4) is 0 Å². The van der Waals surface area contributed by atoms with Gasteiger partial charge in [-0.3, -0.25) is 0 Å². The number of rotatable bonds is 4. The van der Waals surface area contributed by atoms with Crippen molar-refractivity contribution < 1.29 is 13.2 Å². The molecule has 0 saturated carbocycles. The first-order valence-electron chi connectivity index (χ1n) is 5.70. The van der Waals surface area contributed by atoms with Crippen LogP contribution in [0, 0.1) is 6.92 Å². The Bertz CT molecular complexity index is 740. The molecule has 0 amide bonds. The van der Waals surface area contributed by atoms with Crippen LogP contribution in [-0.4, -0.2) is 25.1 Å². The number of benzene rings is 1. The van der Waals surface area contributed by atoms with E-state index in [0.717, 1.165) is 15.8 Å². The second-order valence-electron chi connectivity index (χ2n) is 4.27. The summed E-state index contributed by atoms with van der Waals surface area (Å²) in [6.45, 7) is 2.23. The van der Waals surface area contributed by atoms with Gasteiger partial charge in [-0.25, -0.2) is 18.5 Å². The smallest absolute Gasteiger partial charge is 0.257 e. The van der Waals surface area contributed by atoms with Gasteiger partial charge in [0.05, 0.1) is 11.6 Å². The largest absolute Gasteiger partial charge is 0.496 e. The quantitative estimate of drug-likeness (QED) is 0.898. The SMILES string of the molecule is COc1ccc(Cn2cc(S(N)(=O)=O)nc2C)cc1Br. The average Bonchev–Trinajstić information content (AvgIpc) is 2.71. The first-order chi connectivity index (χ1) is 9.31. The fourth-order valence-corrected chi connectivity index (χ4v) is 2.90. The number of sulfonamides is 1. The van der Waals surface area contributed by atoms with E-state index in [9.17, 15) is 8.42 Å². The van der Waals surface area contributed by atoms with Gasteiger partial charge in [0, 0.05) is 12.7 Å². The number of halogens is 1. The maximum atomic E-state index is 11.3. The predicted molar refractivity (Wildman–Crippen MR) is 78.1 cm³/mol. The van der Waals surface area contributed by atoms with Crippen molar-refractivity contribution in [3.63, 3.8) is 0 Å². The third kappa shape index (κ3) is 3.20. The minimum Gasteiger partial charge on any atom is -0.496 e. The van der Waals surface area contributed by atoms with Crippen molar-refractivity contribution in [3.8, 4) is 5.75 Å². The molecular formula is C12H14BrN3O3S. The van der Waals surface area contributed by atoms with E-state index in [0.29, 0.717) is 12.4 Å². The summed E-state index contributed by atoms with van der Waals surface area (Å²) in [5, 5.41) is 4.94. The normalized spacial score (nSPS) is 11.6. The lowest BCUT2D eigenvalue weighted by atomic mass is 10.2. The van der Waals surface area contributed by atoms with Crippen LogP contribution in [0.1, 0.15) is 11.4 Å². The topological polar surface area (TPSA) is 87.2 Å². The molecule has 0 aliphatic heterocycles. The fourth-order valence-electron chi connectivity index (χ4n) is 1.78. The molecule has 0 fully saturated rings. The number of nitrogens with zero attached hydrogens (tertiary/aromatic N) is 2. The van der Waals surface area contributed by atoms with Gasteiger partial charge in [-0.1, -0.05) is 6.07 Å². The number of hydrogen-bond donors (Lipinski definition) is 1. The van der Waals surface area contributed by atoms with Crippen LogP contribution in [0.25, 0.3) is 0 Å². The van der Waals surface area contributed by atoms with Crippen LogP contribution in [0.4, 0.5) is 0 Å². The lowest BCUT2D eigenvalue weighted by Gasteiger charge is -2.08.